The molecule has 0 spiro atoms. The third kappa shape index (κ3) is 4.85. The lowest BCUT2D eigenvalue weighted by Crippen LogP contribution is -2.49. The highest BCUT2D eigenvalue weighted by Gasteiger charge is 2.34. The molecule has 0 aromatic heterocycles. The highest BCUT2D eigenvalue weighted by molar-refractivity contribution is 5.82. The Morgan fingerprint density at radius 3 is 2.48 bits per heavy atom. The van der Waals surface area contributed by atoms with Crippen LogP contribution in [0.4, 0.5) is 13.2 Å². The van der Waals surface area contributed by atoms with Gasteiger partial charge in [0, 0.05) is 19.6 Å². The Bertz CT molecular complexity index is 586. The number of morpholine rings is 1. The molecule has 2 aliphatic rings. The summed E-state index contributed by atoms with van der Waals surface area (Å²) in [5, 5.41) is 0. The van der Waals surface area contributed by atoms with Crippen molar-refractivity contribution in [1.29, 1.82) is 0 Å². The number of benzene rings is 1. The molecule has 2 saturated heterocycles. The molecule has 2 fully saturated rings. The lowest BCUT2D eigenvalue weighted by Gasteiger charge is -2.32. The van der Waals surface area contributed by atoms with Gasteiger partial charge in [-0.15, -0.1) is 13.2 Å². The number of carbonyl (C=O) groups is 1. The van der Waals surface area contributed by atoms with E-state index in [1.807, 2.05) is 4.90 Å². The fourth-order valence-corrected chi connectivity index (χ4v) is 3.32. The van der Waals surface area contributed by atoms with Crippen LogP contribution in [0.15, 0.2) is 24.3 Å². The SMILES string of the molecule is O=C(C1CCCN1Cc1ccc(OC(F)(F)F)cc1)N1CCOCC1. The van der Waals surface area contributed by atoms with E-state index in [1.165, 1.54) is 12.1 Å². The average molecular weight is 358 g/mol. The number of likely N-dealkylation sites (tertiary alicyclic amines) is 1. The minimum absolute atomic E-state index is 0.123. The van der Waals surface area contributed by atoms with Crippen molar-refractivity contribution in [3.05, 3.63) is 29.8 Å². The predicted molar refractivity (Wildman–Crippen MR) is 84.0 cm³/mol. The van der Waals surface area contributed by atoms with Crippen molar-refractivity contribution in [2.45, 2.75) is 31.8 Å². The number of nitrogens with zero attached hydrogens (tertiary/aromatic N) is 2. The second kappa shape index (κ2) is 7.61. The molecule has 1 atom stereocenters. The Morgan fingerprint density at radius 2 is 1.84 bits per heavy atom. The van der Waals surface area contributed by atoms with Crippen LogP contribution >= 0.6 is 0 Å². The summed E-state index contributed by atoms with van der Waals surface area (Å²) >= 11 is 0. The monoisotopic (exact) mass is 358 g/mol. The first kappa shape index (κ1) is 18.0. The van der Waals surface area contributed by atoms with E-state index in [0.717, 1.165) is 24.9 Å². The van der Waals surface area contributed by atoms with Gasteiger partial charge in [0.1, 0.15) is 5.75 Å². The van der Waals surface area contributed by atoms with Gasteiger partial charge in [-0.3, -0.25) is 9.69 Å². The van der Waals surface area contributed by atoms with Crippen LogP contribution in [-0.2, 0) is 16.1 Å². The molecular weight excluding hydrogens is 337 g/mol. The van der Waals surface area contributed by atoms with Gasteiger partial charge in [-0.2, -0.15) is 0 Å². The predicted octanol–water partition coefficient (Wildman–Crippen LogP) is 2.41. The molecule has 138 valence electrons. The van der Waals surface area contributed by atoms with Crippen LogP contribution in [0.3, 0.4) is 0 Å². The number of rotatable bonds is 4. The summed E-state index contributed by atoms with van der Waals surface area (Å²) < 4.78 is 45.8. The van der Waals surface area contributed by atoms with Crippen LogP contribution in [0.1, 0.15) is 18.4 Å². The average Bonchev–Trinajstić information content (AvgIpc) is 3.03. The molecule has 3 rings (SSSR count). The van der Waals surface area contributed by atoms with Gasteiger partial charge >= 0.3 is 6.36 Å². The zero-order valence-electron chi connectivity index (χ0n) is 13.8. The molecule has 5 nitrogen and oxygen atoms in total. The van der Waals surface area contributed by atoms with Crippen molar-refractivity contribution < 1.29 is 27.4 Å². The maximum absolute atomic E-state index is 12.7. The number of alkyl halides is 3. The smallest absolute Gasteiger partial charge is 0.406 e. The fraction of sp³-hybridized carbons (Fsp3) is 0.588. The van der Waals surface area contributed by atoms with Gasteiger partial charge in [-0.25, -0.2) is 0 Å². The van der Waals surface area contributed by atoms with Crippen molar-refractivity contribution in [3.8, 4) is 5.75 Å². The van der Waals surface area contributed by atoms with E-state index in [9.17, 15) is 18.0 Å². The maximum Gasteiger partial charge on any atom is 0.573 e. The Morgan fingerprint density at radius 1 is 1.16 bits per heavy atom. The molecule has 2 heterocycles. The molecule has 1 unspecified atom stereocenters. The fourth-order valence-electron chi connectivity index (χ4n) is 3.32. The molecule has 1 aromatic rings. The lowest BCUT2D eigenvalue weighted by atomic mass is 10.1. The summed E-state index contributed by atoms with van der Waals surface area (Å²) in [7, 11) is 0. The molecule has 0 N–H and O–H groups in total. The Balaban J connectivity index is 1.60. The van der Waals surface area contributed by atoms with Gasteiger partial charge in [0.25, 0.3) is 0 Å². The van der Waals surface area contributed by atoms with Gasteiger partial charge in [-0.05, 0) is 37.1 Å². The second-order valence-electron chi connectivity index (χ2n) is 6.26. The maximum atomic E-state index is 12.7. The first-order chi connectivity index (χ1) is 11.9. The standard InChI is InChI=1S/C17H21F3N2O3/c18-17(19,20)25-14-5-3-13(4-6-14)12-22-7-1-2-15(22)16(23)21-8-10-24-11-9-21/h3-6,15H,1-2,7-12H2. The molecule has 0 aliphatic carbocycles. The summed E-state index contributed by atoms with van der Waals surface area (Å²) in [6.45, 7) is 3.71. The Kier molecular flexibility index (Phi) is 5.48. The number of hydrogen-bond acceptors (Lipinski definition) is 4. The summed E-state index contributed by atoms with van der Waals surface area (Å²) in [5.74, 6) is -0.114. The topological polar surface area (TPSA) is 42.0 Å². The van der Waals surface area contributed by atoms with Gasteiger partial charge in [0.05, 0.1) is 19.3 Å². The number of halogens is 3. The van der Waals surface area contributed by atoms with E-state index >= 15 is 0 Å². The summed E-state index contributed by atoms with van der Waals surface area (Å²) in [6, 6.07) is 5.66. The molecule has 2 aliphatic heterocycles. The quantitative estimate of drug-likeness (QED) is 0.829. The first-order valence-electron chi connectivity index (χ1n) is 8.38. The largest absolute Gasteiger partial charge is 0.573 e. The van der Waals surface area contributed by atoms with Crippen LogP contribution in [0.2, 0.25) is 0 Å². The molecule has 25 heavy (non-hydrogen) atoms. The molecule has 0 saturated carbocycles. The van der Waals surface area contributed by atoms with Crippen LogP contribution in [0.5, 0.6) is 5.75 Å². The van der Waals surface area contributed by atoms with Crippen molar-refractivity contribution in [1.82, 2.24) is 9.80 Å². The summed E-state index contributed by atoms with van der Waals surface area (Å²) in [6.07, 6.45) is -2.94. The van der Waals surface area contributed by atoms with E-state index in [0.29, 0.717) is 32.8 Å². The van der Waals surface area contributed by atoms with Crippen LogP contribution < -0.4 is 4.74 Å². The van der Waals surface area contributed by atoms with E-state index < -0.39 is 6.36 Å². The van der Waals surface area contributed by atoms with Gasteiger partial charge in [0.15, 0.2) is 0 Å². The van der Waals surface area contributed by atoms with Crippen molar-refractivity contribution >= 4 is 5.91 Å². The Labute approximate surface area is 144 Å². The highest BCUT2D eigenvalue weighted by Crippen LogP contribution is 2.25. The molecule has 0 bridgehead atoms. The van der Waals surface area contributed by atoms with E-state index in [4.69, 9.17) is 4.74 Å². The number of hydrogen-bond donors (Lipinski definition) is 0. The minimum Gasteiger partial charge on any atom is -0.406 e. The number of amides is 1. The molecule has 0 radical (unpaired) electrons. The second-order valence-corrected chi connectivity index (χ2v) is 6.26. The van der Waals surface area contributed by atoms with Crippen LogP contribution in [0, 0.1) is 0 Å². The van der Waals surface area contributed by atoms with E-state index in [-0.39, 0.29) is 17.7 Å². The van der Waals surface area contributed by atoms with Crippen molar-refractivity contribution in [2.75, 3.05) is 32.8 Å². The minimum atomic E-state index is -4.69. The first-order valence-corrected chi connectivity index (χ1v) is 8.38. The molecule has 1 amide bonds. The highest BCUT2D eigenvalue weighted by atomic mass is 19.4. The molecule has 8 heteroatoms. The van der Waals surface area contributed by atoms with E-state index in [1.54, 1.807) is 12.1 Å². The Hall–Kier alpha value is -1.80. The zero-order chi connectivity index (χ0) is 17.9. The third-order valence-corrected chi connectivity index (χ3v) is 4.51. The van der Waals surface area contributed by atoms with Gasteiger partial charge in [-0.1, -0.05) is 12.1 Å². The molecular formula is C17H21F3N2O3. The van der Waals surface area contributed by atoms with Crippen LogP contribution in [0.25, 0.3) is 0 Å². The summed E-state index contributed by atoms with van der Waals surface area (Å²) in [4.78, 5) is 16.6. The van der Waals surface area contributed by atoms with Crippen molar-refractivity contribution in [2.24, 2.45) is 0 Å². The van der Waals surface area contributed by atoms with Crippen molar-refractivity contribution in [3.63, 3.8) is 0 Å². The summed E-state index contributed by atoms with van der Waals surface area (Å²) in [5.41, 5.74) is 0.858. The molecule has 1 aromatic carbocycles. The number of carbonyl (C=O) groups excluding carboxylic acids is 1. The third-order valence-electron chi connectivity index (χ3n) is 4.51. The van der Waals surface area contributed by atoms with Gasteiger partial charge in [0.2, 0.25) is 5.91 Å². The zero-order valence-corrected chi connectivity index (χ0v) is 13.8. The lowest BCUT2D eigenvalue weighted by molar-refractivity contribution is -0.274. The van der Waals surface area contributed by atoms with Crippen LogP contribution in [-0.4, -0.2) is 61.0 Å². The van der Waals surface area contributed by atoms with E-state index in [2.05, 4.69) is 9.64 Å². The van der Waals surface area contributed by atoms with Gasteiger partial charge < -0.3 is 14.4 Å². The normalized spacial score (nSPS) is 22.2. The number of ether oxygens (including phenoxy) is 2.